The van der Waals surface area contributed by atoms with Gasteiger partial charge in [-0.1, -0.05) is 12.8 Å². The molecule has 4 atom stereocenters. The Hall–Kier alpha value is -0.330. The molecular weight excluding hydrogens is 279 g/mol. The van der Waals surface area contributed by atoms with Crippen molar-refractivity contribution < 1.29 is 13.2 Å². The third-order valence-electron chi connectivity index (χ3n) is 5.26. The second kappa shape index (κ2) is 6.42. The number of nitrogens with two attached hydrogens (primary N) is 1. The van der Waals surface area contributed by atoms with Crippen LogP contribution in [-0.2, 0) is 0 Å². The molecule has 3 N–H and O–H groups in total. The molecule has 0 aromatic rings. The van der Waals surface area contributed by atoms with Crippen molar-refractivity contribution in [3.8, 4) is 0 Å². The van der Waals surface area contributed by atoms with Crippen LogP contribution < -0.4 is 11.2 Å². The molecule has 2 rings (SSSR count). The van der Waals surface area contributed by atoms with E-state index in [2.05, 4.69) is 24.3 Å². The summed E-state index contributed by atoms with van der Waals surface area (Å²) >= 11 is 0. The van der Waals surface area contributed by atoms with Gasteiger partial charge in [0.25, 0.3) is 0 Å². The van der Waals surface area contributed by atoms with E-state index in [0.29, 0.717) is 18.5 Å². The van der Waals surface area contributed by atoms with E-state index in [1.807, 2.05) is 0 Å². The Labute approximate surface area is 125 Å². The van der Waals surface area contributed by atoms with Crippen LogP contribution in [-0.4, -0.2) is 35.4 Å². The molecule has 0 amide bonds. The minimum Gasteiger partial charge on any atom is -0.329 e. The molecule has 4 unspecified atom stereocenters. The first-order valence-corrected chi connectivity index (χ1v) is 8.10. The summed E-state index contributed by atoms with van der Waals surface area (Å²) in [5.74, 6) is -1.22. The van der Waals surface area contributed by atoms with E-state index in [0.717, 1.165) is 19.3 Å². The van der Waals surface area contributed by atoms with E-state index in [1.165, 1.54) is 6.42 Å². The number of nitrogens with zero attached hydrogens (tertiary/aromatic N) is 1. The first-order valence-electron chi connectivity index (χ1n) is 8.10. The largest absolute Gasteiger partial charge is 0.391 e. The molecule has 1 aliphatic heterocycles. The molecule has 0 aromatic carbocycles. The summed E-state index contributed by atoms with van der Waals surface area (Å²) in [6.45, 7) is 4.53. The van der Waals surface area contributed by atoms with Gasteiger partial charge >= 0.3 is 6.18 Å². The first-order chi connectivity index (χ1) is 9.77. The molecule has 2 fully saturated rings. The summed E-state index contributed by atoms with van der Waals surface area (Å²) in [6.07, 6.45) is 0.891. The molecular formula is C15H28F3N3. The number of hydrogen-bond acceptors (Lipinski definition) is 3. The van der Waals surface area contributed by atoms with Crippen LogP contribution in [0.2, 0.25) is 0 Å². The quantitative estimate of drug-likeness (QED) is 0.841. The lowest BCUT2D eigenvalue weighted by Gasteiger charge is -2.49. The minimum absolute atomic E-state index is 0.100. The molecule has 1 saturated carbocycles. The van der Waals surface area contributed by atoms with E-state index in [4.69, 9.17) is 5.73 Å². The number of nitrogens with one attached hydrogen (secondary N) is 1. The predicted molar refractivity (Wildman–Crippen MR) is 77.5 cm³/mol. The van der Waals surface area contributed by atoms with Gasteiger partial charge in [-0.05, 0) is 46.0 Å². The molecule has 0 radical (unpaired) electrons. The number of alkyl halides is 3. The number of halogens is 3. The monoisotopic (exact) mass is 307 g/mol. The summed E-state index contributed by atoms with van der Waals surface area (Å²) in [5.41, 5.74) is 8.73. The fraction of sp³-hybridized carbons (Fsp3) is 1.00. The predicted octanol–water partition coefficient (Wildman–Crippen LogP) is 3.20. The summed E-state index contributed by atoms with van der Waals surface area (Å²) < 4.78 is 39.2. The third-order valence-corrected chi connectivity index (χ3v) is 5.26. The molecule has 21 heavy (non-hydrogen) atoms. The highest BCUT2D eigenvalue weighted by Gasteiger charge is 2.48. The number of piperidine rings is 1. The molecule has 0 aromatic heterocycles. The zero-order chi connectivity index (χ0) is 15.7. The normalized spacial score (nSPS) is 39.4. The van der Waals surface area contributed by atoms with Gasteiger partial charge in [0, 0.05) is 24.2 Å². The summed E-state index contributed by atoms with van der Waals surface area (Å²) in [6, 6.07) is 0.701. The summed E-state index contributed by atoms with van der Waals surface area (Å²) in [5, 5.41) is 2.16. The van der Waals surface area contributed by atoms with Gasteiger partial charge in [0.15, 0.2) is 0 Å². The Balaban J connectivity index is 2.09. The van der Waals surface area contributed by atoms with Crippen LogP contribution in [0.4, 0.5) is 13.2 Å². The minimum atomic E-state index is -4.11. The van der Waals surface area contributed by atoms with Crippen molar-refractivity contribution in [1.82, 2.24) is 10.4 Å². The Kier molecular flexibility index (Phi) is 5.21. The van der Waals surface area contributed by atoms with Gasteiger partial charge in [-0.2, -0.15) is 13.2 Å². The SMILES string of the molecule is CC1CCCC(C)N1NC1(CN)CCCC(C(F)(F)F)C1. The van der Waals surface area contributed by atoms with E-state index >= 15 is 0 Å². The van der Waals surface area contributed by atoms with Crippen LogP contribution >= 0.6 is 0 Å². The van der Waals surface area contributed by atoms with Gasteiger partial charge in [-0.3, -0.25) is 0 Å². The van der Waals surface area contributed by atoms with Gasteiger partial charge in [0.05, 0.1) is 5.92 Å². The van der Waals surface area contributed by atoms with Crippen molar-refractivity contribution >= 4 is 0 Å². The van der Waals surface area contributed by atoms with E-state index in [1.54, 1.807) is 0 Å². The van der Waals surface area contributed by atoms with E-state index in [9.17, 15) is 13.2 Å². The molecule has 1 heterocycles. The molecule has 6 heteroatoms. The van der Waals surface area contributed by atoms with Crippen molar-refractivity contribution in [2.45, 2.75) is 82.6 Å². The zero-order valence-corrected chi connectivity index (χ0v) is 13.0. The number of hydrogen-bond donors (Lipinski definition) is 2. The van der Waals surface area contributed by atoms with Crippen LogP contribution in [0.1, 0.15) is 58.8 Å². The highest BCUT2D eigenvalue weighted by molar-refractivity contribution is 4.97. The Morgan fingerprint density at radius 3 is 2.29 bits per heavy atom. The standard InChI is InChI=1S/C15H28F3N3/c1-11-5-3-6-12(2)21(11)20-14(10-19)8-4-7-13(9-14)15(16,17)18/h11-13,20H,3-10,19H2,1-2H3. The summed E-state index contributed by atoms with van der Waals surface area (Å²) in [7, 11) is 0. The second-order valence-electron chi connectivity index (χ2n) is 6.97. The van der Waals surface area contributed by atoms with Crippen molar-refractivity contribution in [2.24, 2.45) is 11.7 Å². The molecule has 0 bridgehead atoms. The lowest BCUT2D eigenvalue weighted by atomic mass is 9.75. The van der Waals surface area contributed by atoms with Crippen molar-refractivity contribution in [3.63, 3.8) is 0 Å². The average Bonchev–Trinajstić information content (AvgIpc) is 2.42. The number of rotatable bonds is 3. The second-order valence-corrected chi connectivity index (χ2v) is 6.97. The number of hydrazine groups is 1. The van der Waals surface area contributed by atoms with Crippen molar-refractivity contribution in [1.29, 1.82) is 0 Å². The van der Waals surface area contributed by atoms with Gasteiger partial charge < -0.3 is 5.73 Å². The molecule has 0 spiro atoms. The maximum atomic E-state index is 13.1. The lowest BCUT2D eigenvalue weighted by Crippen LogP contribution is -2.65. The Morgan fingerprint density at radius 1 is 1.14 bits per heavy atom. The lowest BCUT2D eigenvalue weighted by molar-refractivity contribution is -0.191. The van der Waals surface area contributed by atoms with Gasteiger partial charge in [0.2, 0.25) is 0 Å². The van der Waals surface area contributed by atoms with Gasteiger partial charge in [-0.25, -0.2) is 10.4 Å². The van der Waals surface area contributed by atoms with Gasteiger partial charge in [0.1, 0.15) is 0 Å². The smallest absolute Gasteiger partial charge is 0.329 e. The van der Waals surface area contributed by atoms with Crippen molar-refractivity contribution in [2.75, 3.05) is 6.54 Å². The van der Waals surface area contributed by atoms with Gasteiger partial charge in [-0.15, -0.1) is 0 Å². The third kappa shape index (κ3) is 3.90. The van der Waals surface area contributed by atoms with Crippen LogP contribution in [0.3, 0.4) is 0 Å². The maximum absolute atomic E-state index is 13.1. The van der Waals surface area contributed by atoms with Crippen LogP contribution in [0.25, 0.3) is 0 Å². The molecule has 2 aliphatic rings. The van der Waals surface area contributed by atoms with Crippen molar-refractivity contribution in [3.05, 3.63) is 0 Å². The summed E-state index contributed by atoms with van der Waals surface area (Å²) in [4.78, 5) is 0. The van der Waals surface area contributed by atoms with E-state index in [-0.39, 0.29) is 19.4 Å². The molecule has 1 aliphatic carbocycles. The van der Waals surface area contributed by atoms with Crippen LogP contribution in [0.5, 0.6) is 0 Å². The fourth-order valence-corrected chi connectivity index (χ4v) is 3.89. The molecule has 3 nitrogen and oxygen atoms in total. The molecule has 124 valence electrons. The topological polar surface area (TPSA) is 41.3 Å². The highest BCUT2D eigenvalue weighted by atomic mass is 19.4. The van der Waals surface area contributed by atoms with Crippen LogP contribution in [0.15, 0.2) is 0 Å². The Morgan fingerprint density at radius 2 is 1.76 bits per heavy atom. The maximum Gasteiger partial charge on any atom is 0.391 e. The van der Waals surface area contributed by atoms with E-state index < -0.39 is 17.6 Å². The molecule has 1 saturated heterocycles. The first kappa shape index (κ1) is 17.0. The van der Waals surface area contributed by atoms with Crippen LogP contribution in [0, 0.1) is 5.92 Å². The average molecular weight is 307 g/mol. The fourth-order valence-electron chi connectivity index (χ4n) is 3.89. The highest BCUT2D eigenvalue weighted by Crippen LogP contribution is 2.42. The Bertz CT molecular complexity index is 338. The zero-order valence-electron chi connectivity index (χ0n) is 13.0.